The van der Waals surface area contributed by atoms with Crippen LogP contribution in [0.25, 0.3) is 10.8 Å². The highest BCUT2D eigenvalue weighted by molar-refractivity contribution is 9.10. The molecule has 2 heterocycles. The molecule has 1 unspecified atom stereocenters. The Kier molecular flexibility index (Phi) is 5.12. The number of anilines is 1. The lowest BCUT2D eigenvalue weighted by Gasteiger charge is -2.19. The summed E-state index contributed by atoms with van der Waals surface area (Å²) in [5.41, 5.74) is 3.34. The second-order valence-electron chi connectivity index (χ2n) is 7.13. The maximum atomic E-state index is 12.6. The van der Waals surface area contributed by atoms with Crippen molar-refractivity contribution in [2.75, 3.05) is 18.4 Å². The average molecular weight is 424 g/mol. The molecule has 1 atom stereocenters. The van der Waals surface area contributed by atoms with Gasteiger partial charge in [0.1, 0.15) is 0 Å². The molecule has 1 fully saturated rings. The van der Waals surface area contributed by atoms with Gasteiger partial charge >= 0.3 is 0 Å². The van der Waals surface area contributed by atoms with Crippen LogP contribution in [0.5, 0.6) is 0 Å². The number of amides is 1. The van der Waals surface area contributed by atoms with E-state index in [0.717, 1.165) is 46.2 Å². The van der Waals surface area contributed by atoms with Gasteiger partial charge in [0.2, 0.25) is 5.91 Å². The van der Waals surface area contributed by atoms with E-state index in [1.165, 1.54) is 5.39 Å². The smallest absolute Gasteiger partial charge is 0.227 e. The zero-order valence-corrected chi connectivity index (χ0v) is 16.9. The van der Waals surface area contributed by atoms with Crippen molar-refractivity contribution in [1.82, 2.24) is 9.88 Å². The van der Waals surface area contributed by atoms with Crippen molar-refractivity contribution in [2.45, 2.75) is 25.8 Å². The van der Waals surface area contributed by atoms with Crippen molar-refractivity contribution in [2.24, 2.45) is 0 Å². The number of benzene rings is 2. The number of hydrogen-bond donors (Lipinski definition) is 1. The zero-order valence-electron chi connectivity index (χ0n) is 15.3. The summed E-state index contributed by atoms with van der Waals surface area (Å²) in [6.45, 7) is 3.64. The lowest BCUT2D eigenvalue weighted by atomic mass is 10.1. The first-order valence-electron chi connectivity index (χ1n) is 9.22. The standard InChI is InChI=1S/C22H22BrN3O/c1-15-12-24-13-17-3-2-4-20(22(15)17)25-19-9-10-26(14-19)21(27)11-16-5-7-18(23)8-6-16/h2-8,12-13,19,25H,9-11,14H2,1H3. The molecule has 2 aromatic carbocycles. The summed E-state index contributed by atoms with van der Waals surface area (Å²) >= 11 is 3.43. The predicted octanol–water partition coefficient (Wildman–Crippen LogP) is 4.56. The van der Waals surface area contributed by atoms with E-state index in [1.807, 2.05) is 41.6 Å². The quantitative estimate of drug-likeness (QED) is 0.668. The average Bonchev–Trinajstić information content (AvgIpc) is 3.13. The Morgan fingerprint density at radius 3 is 2.85 bits per heavy atom. The Balaban J connectivity index is 1.43. The van der Waals surface area contributed by atoms with Gasteiger partial charge in [0.15, 0.2) is 0 Å². The monoisotopic (exact) mass is 423 g/mol. The lowest BCUT2D eigenvalue weighted by molar-refractivity contribution is -0.129. The SMILES string of the molecule is Cc1cncc2cccc(NC3CCN(C(=O)Cc4ccc(Br)cc4)C3)c12. The van der Waals surface area contributed by atoms with E-state index < -0.39 is 0 Å². The molecule has 4 rings (SSSR count). The van der Waals surface area contributed by atoms with Crippen molar-refractivity contribution in [3.8, 4) is 0 Å². The maximum absolute atomic E-state index is 12.6. The molecule has 0 aliphatic carbocycles. The topological polar surface area (TPSA) is 45.2 Å². The van der Waals surface area contributed by atoms with Crippen LogP contribution in [0.3, 0.4) is 0 Å². The number of halogens is 1. The van der Waals surface area contributed by atoms with E-state index >= 15 is 0 Å². The molecule has 0 radical (unpaired) electrons. The van der Waals surface area contributed by atoms with E-state index in [1.54, 1.807) is 0 Å². The van der Waals surface area contributed by atoms with Crippen LogP contribution in [-0.4, -0.2) is 34.9 Å². The third-order valence-electron chi connectivity index (χ3n) is 5.14. The van der Waals surface area contributed by atoms with Crippen LogP contribution in [0.15, 0.2) is 59.3 Å². The minimum Gasteiger partial charge on any atom is -0.380 e. The van der Waals surface area contributed by atoms with E-state index in [-0.39, 0.29) is 11.9 Å². The number of carbonyl (C=O) groups is 1. The van der Waals surface area contributed by atoms with Gasteiger partial charge in [-0.25, -0.2) is 0 Å². The molecule has 0 bridgehead atoms. The van der Waals surface area contributed by atoms with Crippen molar-refractivity contribution < 1.29 is 4.79 Å². The Bertz CT molecular complexity index is 966. The minimum absolute atomic E-state index is 0.194. The number of pyridine rings is 1. The number of nitrogens with zero attached hydrogens (tertiary/aromatic N) is 2. The van der Waals surface area contributed by atoms with Crippen LogP contribution in [0.4, 0.5) is 5.69 Å². The number of rotatable bonds is 4. The molecule has 4 nitrogen and oxygen atoms in total. The van der Waals surface area contributed by atoms with Gasteiger partial charge in [0.05, 0.1) is 6.42 Å². The van der Waals surface area contributed by atoms with Crippen LogP contribution in [0.1, 0.15) is 17.5 Å². The third-order valence-corrected chi connectivity index (χ3v) is 5.67. The van der Waals surface area contributed by atoms with E-state index in [2.05, 4.69) is 51.4 Å². The molecule has 138 valence electrons. The third kappa shape index (κ3) is 3.98. The van der Waals surface area contributed by atoms with Crippen molar-refractivity contribution >= 4 is 38.3 Å². The highest BCUT2D eigenvalue weighted by Crippen LogP contribution is 2.27. The van der Waals surface area contributed by atoms with Gasteiger partial charge in [0.25, 0.3) is 0 Å². The number of aryl methyl sites for hydroxylation is 1. The van der Waals surface area contributed by atoms with Gasteiger partial charge in [0, 0.05) is 52.5 Å². The molecule has 1 saturated heterocycles. The molecule has 3 aromatic rings. The molecule has 1 aliphatic heterocycles. The fraction of sp³-hybridized carbons (Fsp3) is 0.273. The number of aromatic nitrogens is 1. The molecule has 0 saturated carbocycles. The van der Waals surface area contributed by atoms with E-state index in [9.17, 15) is 4.79 Å². The zero-order chi connectivity index (χ0) is 18.8. The predicted molar refractivity (Wildman–Crippen MR) is 113 cm³/mol. The summed E-state index contributed by atoms with van der Waals surface area (Å²) in [5, 5.41) is 6.01. The first kappa shape index (κ1) is 18.0. The van der Waals surface area contributed by atoms with Gasteiger partial charge in [-0.2, -0.15) is 0 Å². The van der Waals surface area contributed by atoms with Crippen LogP contribution >= 0.6 is 15.9 Å². The fourth-order valence-electron chi connectivity index (χ4n) is 3.75. The van der Waals surface area contributed by atoms with E-state index in [4.69, 9.17) is 0 Å². The summed E-state index contributed by atoms with van der Waals surface area (Å²) in [6.07, 6.45) is 5.22. The van der Waals surface area contributed by atoms with Crippen LogP contribution in [0.2, 0.25) is 0 Å². The summed E-state index contributed by atoms with van der Waals surface area (Å²) in [5.74, 6) is 0.194. The number of likely N-dealkylation sites (tertiary alicyclic amines) is 1. The van der Waals surface area contributed by atoms with E-state index in [0.29, 0.717) is 6.42 Å². The van der Waals surface area contributed by atoms with Gasteiger partial charge < -0.3 is 10.2 Å². The first-order valence-corrected chi connectivity index (χ1v) is 10.0. The lowest BCUT2D eigenvalue weighted by Crippen LogP contribution is -2.32. The molecule has 1 N–H and O–H groups in total. The summed E-state index contributed by atoms with van der Waals surface area (Å²) < 4.78 is 1.03. The molecule has 1 aromatic heterocycles. The second kappa shape index (κ2) is 7.69. The van der Waals surface area contributed by atoms with Crippen LogP contribution < -0.4 is 5.32 Å². The Morgan fingerprint density at radius 1 is 1.22 bits per heavy atom. The summed E-state index contributed by atoms with van der Waals surface area (Å²) in [4.78, 5) is 18.9. The summed E-state index contributed by atoms with van der Waals surface area (Å²) in [6, 6.07) is 14.5. The van der Waals surface area contributed by atoms with Crippen LogP contribution in [0, 0.1) is 6.92 Å². The molecular formula is C22H22BrN3O. The fourth-order valence-corrected chi connectivity index (χ4v) is 4.01. The number of nitrogens with one attached hydrogen (secondary N) is 1. The number of hydrogen-bond acceptors (Lipinski definition) is 3. The molecular weight excluding hydrogens is 402 g/mol. The molecule has 27 heavy (non-hydrogen) atoms. The van der Waals surface area contributed by atoms with Gasteiger partial charge in [-0.3, -0.25) is 9.78 Å². The largest absolute Gasteiger partial charge is 0.380 e. The normalized spacial score (nSPS) is 16.7. The minimum atomic E-state index is 0.194. The molecule has 1 amide bonds. The molecule has 0 spiro atoms. The number of carbonyl (C=O) groups excluding carboxylic acids is 1. The Hall–Kier alpha value is -2.40. The Morgan fingerprint density at radius 2 is 2.04 bits per heavy atom. The van der Waals surface area contributed by atoms with Crippen molar-refractivity contribution in [3.63, 3.8) is 0 Å². The van der Waals surface area contributed by atoms with Crippen LogP contribution in [-0.2, 0) is 11.2 Å². The first-order chi connectivity index (χ1) is 13.1. The highest BCUT2D eigenvalue weighted by Gasteiger charge is 2.26. The van der Waals surface area contributed by atoms with Crippen molar-refractivity contribution in [1.29, 1.82) is 0 Å². The Labute approximate surface area is 167 Å². The number of fused-ring (bicyclic) bond motifs is 1. The van der Waals surface area contributed by atoms with Crippen molar-refractivity contribution in [3.05, 3.63) is 70.5 Å². The van der Waals surface area contributed by atoms with Gasteiger partial charge in [-0.15, -0.1) is 0 Å². The maximum Gasteiger partial charge on any atom is 0.227 e. The second-order valence-corrected chi connectivity index (χ2v) is 8.05. The van der Waals surface area contributed by atoms with Gasteiger partial charge in [-0.1, -0.05) is 40.2 Å². The van der Waals surface area contributed by atoms with Gasteiger partial charge in [-0.05, 0) is 42.7 Å². The highest BCUT2D eigenvalue weighted by atomic mass is 79.9. The molecule has 1 aliphatic rings. The molecule has 5 heteroatoms. The summed E-state index contributed by atoms with van der Waals surface area (Å²) in [7, 11) is 0.